The van der Waals surface area contributed by atoms with Gasteiger partial charge in [0.1, 0.15) is 5.82 Å². The summed E-state index contributed by atoms with van der Waals surface area (Å²) < 4.78 is 0. The van der Waals surface area contributed by atoms with Crippen molar-refractivity contribution in [3.63, 3.8) is 0 Å². The molecule has 0 spiro atoms. The van der Waals surface area contributed by atoms with Crippen LogP contribution in [-0.2, 0) is 0 Å². The summed E-state index contributed by atoms with van der Waals surface area (Å²) in [6, 6.07) is 1.57. The number of anilines is 1. The van der Waals surface area contributed by atoms with Gasteiger partial charge in [-0.2, -0.15) is 0 Å². The van der Waals surface area contributed by atoms with Gasteiger partial charge in [0.2, 0.25) is 0 Å². The molecule has 0 aliphatic heterocycles. The Hall–Kier alpha value is -1.53. The maximum absolute atomic E-state index is 9.25. The van der Waals surface area contributed by atoms with Crippen molar-refractivity contribution >= 4 is 23.3 Å². The molecule has 1 unspecified atom stereocenters. The smallest absolute Gasteiger partial charge is 0.171 e. The first kappa shape index (κ1) is 14.5. The summed E-state index contributed by atoms with van der Waals surface area (Å²) in [4.78, 5) is 5.96. The second-order valence-electron chi connectivity index (χ2n) is 4.04. The number of nitrogens with two attached hydrogens (primary N) is 1. The third kappa shape index (κ3) is 3.48. The molecule has 1 atom stereocenters. The van der Waals surface area contributed by atoms with Gasteiger partial charge in [-0.05, 0) is 19.4 Å². The number of amidine groups is 1. The minimum Gasteiger partial charge on any atom is -0.409 e. The van der Waals surface area contributed by atoms with E-state index in [0.29, 0.717) is 29.4 Å². The molecule has 6 nitrogen and oxygen atoms in total. The van der Waals surface area contributed by atoms with Crippen LogP contribution in [0.15, 0.2) is 17.4 Å². The van der Waals surface area contributed by atoms with Crippen molar-refractivity contribution < 1.29 is 10.3 Å². The maximum Gasteiger partial charge on any atom is 0.171 e. The van der Waals surface area contributed by atoms with Gasteiger partial charge in [0.15, 0.2) is 5.84 Å². The van der Waals surface area contributed by atoms with Crippen LogP contribution in [0.4, 0.5) is 5.82 Å². The van der Waals surface area contributed by atoms with E-state index in [-0.39, 0.29) is 5.84 Å². The third-order valence-electron chi connectivity index (χ3n) is 2.50. The monoisotopic (exact) mass is 272 g/mol. The normalized spacial score (nSPS) is 13.4. The SMILES string of the molecule is CC(O)CCN(C)c1nccc(/C(N)=N/O)c1Cl. The fraction of sp³-hybridized carbons (Fsp3) is 0.455. The van der Waals surface area contributed by atoms with E-state index in [1.165, 1.54) is 6.20 Å². The summed E-state index contributed by atoms with van der Waals surface area (Å²) in [7, 11) is 1.81. The number of pyridine rings is 1. The highest BCUT2D eigenvalue weighted by Gasteiger charge is 2.14. The lowest BCUT2D eigenvalue weighted by Gasteiger charge is -2.20. The first-order chi connectivity index (χ1) is 8.47. The van der Waals surface area contributed by atoms with Gasteiger partial charge in [0.25, 0.3) is 0 Å². The Balaban J connectivity index is 2.96. The molecule has 0 aliphatic rings. The second kappa shape index (κ2) is 6.42. The topological polar surface area (TPSA) is 95.0 Å². The van der Waals surface area contributed by atoms with E-state index in [4.69, 9.17) is 22.5 Å². The number of halogens is 1. The van der Waals surface area contributed by atoms with Crippen LogP contribution >= 0.6 is 11.6 Å². The van der Waals surface area contributed by atoms with Gasteiger partial charge in [-0.1, -0.05) is 16.8 Å². The average molecular weight is 273 g/mol. The summed E-state index contributed by atoms with van der Waals surface area (Å²) in [6.07, 6.45) is 1.74. The van der Waals surface area contributed by atoms with Crippen LogP contribution in [0.25, 0.3) is 0 Å². The Morgan fingerprint density at radius 3 is 2.89 bits per heavy atom. The molecule has 7 heteroatoms. The predicted molar refractivity (Wildman–Crippen MR) is 71.3 cm³/mol. The zero-order valence-corrected chi connectivity index (χ0v) is 11.1. The van der Waals surface area contributed by atoms with Crippen LogP contribution in [0.5, 0.6) is 0 Å². The number of nitrogens with zero attached hydrogens (tertiary/aromatic N) is 3. The van der Waals surface area contributed by atoms with Gasteiger partial charge in [-0.15, -0.1) is 0 Å². The summed E-state index contributed by atoms with van der Waals surface area (Å²) in [6.45, 7) is 2.32. The van der Waals surface area contributed by atoms with Crippen LogP contribution in [0.1, 0.15) is 18.9 Å². The Morgan fingerprint density at radius 1 is 1.67 bits per heavy atom. The Bertz CT molecular complexity index is 437. The number of aromatic nitrogens is 1. The molecule has 1 rings (SSSR count). The van der Waals surface area contributed by atoms with Gasteiger partial charge in [-0.25, -0.2) is 4.98 Å². The molecule has 0 aromatic carbocycles. The minimum absolute atomic E-state index is 0.0624. The lowest BCUT2D eigenvalue weighted by Crippen LogP contribution is -2.24. The van der Waals surface area contributed by atoms with Crippen LogP contribution < -0.4 is 10.6 Å². The van der Waals surface area contributed by atoms with E-state index < -0.39 is 6.10 Å². The molecule has 0 aliphatic carbocycles. The largest absolute Gasteiger partial charge is 0.409 e. The molecule has 0 fully saturated rings. The van der Waals surface area contributed by atoms with E-state index in [1.807, 2.05) is 11.9 Å². The number of hydrogen-bond donors (Lipinski definition) is 3. The Kier molecular flexibility index (Phi) is 5.18. The molecule has 1 aromatic rings. The van der Waals surface area contributed by atoms with Crippen molar-refractivity contribution in [2.75, 3.05) is 18.5 Å². The quantitative estimate of drug-likeness (QED) is 0.322. The van der Waals surface area contributed by atoms with Crippen LogP contribution in [-0.4, -0.2) is 40.8 Å². The Labute approximate surface area is 111 Å². The van der Waals surface area contributed by atoms with Crippen molar-refractivity contribution in [3.8, 4) is 0 Å². The van der Waals surface area contributed by atoms with E-state index >= 15 is 0 Å². The van der Waals surface area contributed by atoms with Gasteiger partial charge in [-0.3, -0.25) is 0 Å². The van der Waals surface area contributed by atoms with Gasteiger partial charge in [0, 0.05) is 25.4 Å². The lowest BCUT2D eigenvalue weighted by atomic mass is 10.2. The fourth-order valence-electron chi connectivity index (χ4n) is 1.44. The molecule has 18 heavy (non-hydrogen) atoms. The number of rotatable bonds is 5. The highest BCUT2D eigenvalue weighted by molar-refractivity contribution is 6.36. The fourth-order valence-corrected chi connectivity index (χ4v) is 1.79. The maximum atomic E-state index is 9.25. The molecule has 100 valence electrons. The molecule has 0 saturated carbocycles. The molecular weight excluding hydrogens is 256 g/mol. The average Bonchev–Trinajstić information content (AvgIpc) is 2.35. The molecule has 4 N–H and O–H groups in total. The molecule has 1 aromatic heterocycles. The number of hydrogen-bond acceptors (Lipinski definition) is 5. The van der Waals surface area contributed by atoms with Crippen LogP contribution in [0.2, 0.25) is 5.02 Å². The van der Waals surface area contributed by atoms with Crippen molar-refractivity contribution in [2.24, 2.45) is 10.9 Å². The summed E-state index contributed by atoms with van der Waals surface area (Å²) in [5.74, 6) is 0.467. The highest BCUT2D eigenvalue weighted by Crippen LogP contribution is 2.26. The highest BCUT2D eigenvalue weighted by atomic mass is 35.5. The van der Waals surface area contributed by atoms with Crippen molar-refractivity contribution in [1.82, 2.24) is 4.98 Å². The van der Waals surface area contributed by atoms with Gasteiger partial charge >= 0.3 is 0 Å². The van der Waals surface area contributed by atoms with E-state index in [1.54, 1.807) is 13.0 Å². The summed E-state index contributed by atoms with van der Waals surface area (Å²) >= 11 is 6.15. The van der Waals surface area contributed by atoms with Crippen molar-refractivity contribution in [2.45, 2.75) is 19.4 Å². The summed E-state index contributed by atoms with van der Waals surface area (Å²) in [5.41, 5.74) is 5.94. The molecule has 0 amide bonds. The minimum atomic E-state index is -0.390. The number of aliphatic hydroxyl groups excluding tert-OH is 1. The number of oxime groups is 1. The van der Waals surface area contributed by atoms with Crippen molar-refractivity contribution in [1.29, 1.82) is 0 Å². The summed E-state index contributed by atoms with van der Waals surface area (Å²) in [5, 5.41) is 21.1. The van der Waals surface area contributed by atoms with Gasteiger partial charge in [0.05, 0.1) is 11.1 Å². The van der Waals surface area contributed by atoms with Crippen molar-refractivity contribution in [3.05, 3.63) is 22.8 Å². The van der Waals surface area contributed by atoms with E-state index in [0.717, 1.165) is 0 Å². The molecule has 1 heterocycles. The predicted octanol–water partition coefficient (Wildman–Crippen LogP) is 1.04. The third-order valence-corrected chi connectivity index (χ3v) is 2.87. The van der Waals surface area contributed by atoms with Crippen LogP contribution in [0.3, 0.4) is 0 Å². The molecule has 0 radical (unpaired) electrons. The molecular formula is C11H17ClN4O2. The molecule has 0 bridgehead atoms. The number of aliphatic hydroxyl groups is 1. The standard InChI is InChI=1S/C11H17ClN4O2/c1-7(17)4-6-16(2)11-9(12)8(3-5-14-11)10(13)15-18/h3,5,7,17-18H,4,6H2,1-2H3,(H2,13,15). The van der Waals surface area contributed by atoms with E-state index in [2.05, 4.69) is 10.1 Å². The zero-order valence-electron chi connectivity index (χ0n) is 10.3. The van der Waals surface area contributed by atoms with Gasteiger partial charge < -0.3 is 20.9 Å². The lowest BCUT2D eigenvalue weighted by molar-refractivity contribution is 0.187. The van der Waals surface area contributed by atoms with Crippen LogP contribution in [0, 0.1) is 0 Å². The zero-order chi connectivity index (χ0) is 13.7. The second-order valence-corrected chi connectivity index (χ2v) is 4.42. The Morgan fingerprint density at radius 2 is 2.33 bits per heavy atom. The first-order valence-corrected chi connectivity index (χ1v) is 5.86. The van der Waals surface area contributed by atoms with E-state index in [9.17, 15) is 5.11 Å². The first-order valence-electron chi connectivity index (χ1n) is 5.49. The molecule has 0 saturated heterocycles.